The molecule has 37 heavy (non-hydrogen) atoms. The van der Waals surface area contributed by atoms with Crippen LogP contribution in [-0.4, -0.2) is 52.0 Å². The molecule has 0 bridgehead atoms. The minimum atomic E-state index is -0.151. The van der Waals surface area contributed by atoms with E-state index < -0.39 is 0 Å². The predicted molar refractivity (Wildman–Crippen MR) is 139 cm³/mol. The molecule has 0 aliphatic carbocycles. The lowest BCUT2D eigenvalue weighted by Gasteiger charge is -2.25. The van der Waals surface area contributed by atoms with Crippen LogP contribution in [0.3, 0.4) is 0 Å². The van der Waals surface area contributed by atoms with Crippen LogP contribution in [0.25, 0.3) is 22.5 Å². The molecular weight excluding hydrogens is 472 g/mol. The summed E-state index contributed by atoms with van der Waals surface area (Å²) in [4.78, 5) is 22.0. The number of pyridine rings is 1. The lowest BCUT2D eigenvalue weighted by Crippen LogP contribution is -2.28. The molecule has 0 saturated carbocycles. The molecule has 1 amide bonds. The normalized spacial score (nSPS) is 15.0. The number of anilines is 1. The molecule has 1 aliphatic heterocycles. The highest BCUT2D eigenvalue weighted by Crippen LogP contribution is 2.34. The summed E-state index contributed by atoms with van der Waals surface area (Å²) in [5.74, 6) is 1.05. The Hall–Kier alpha value is -3.92. The fourth-order valence-electron chi connectivity index (χ4n) is 4.57. The molecule has 1 aliphatic rings. The van der Waals surface area contributed by atoms with E-state index in [-0.39, 0.29) is 24.4 Å². The SMILES string of the molecule is CCn1ncc2c(NC3CCOCC3)c(-c3nc(CC(=O)N[C@H](C)c4ccc(OC)cc4)co3)cnc21. The number of amides is 1. The van der Waals surface area contributed by atoms with Crippen LogP contribution in [-0.2, 0) is 22.5 Å². The summed E-state index contributed by atoms with van der Waals surface area (Å²) in [6, 6.07) is 7.75. The highest BCUT2D eigenvalue weighted by Gasteiger charge is 2.22. The second-order valence-electron chi connectivity index (χ2n) is 9.16. The number of nitrogens with one attached hydrogen (secondary N) is 2. The van der Waals surface area contributed by atoms with Gasteiger partial charge in [-0.05, 0) is 44.4 Å². The highest BCUT2D eigenvalue weighted by molar-refractivity contribution is 5.96. The van der Waals surface area contributed by atoms with Gasteiger partial charge >= 0.3 is 0 Å². The van der Waals surface area contributed by atoms with E-state index in [4.69, 9.17) is 13.9 Å². The largest absolute Gasteiger partial charge is 0.497 e. The first-order valence-corrected chi connectivity index (χ1v) is 12.6. The first-order chi connectivity index (χ1) is 18.1. The second kappa shape index (κ2) is 11.0. The molecule has 0 unspecified atom stereocenters. The topological polar surface area (TPSA) is 116 Å². The Morgan fingerprint density at radius 3 is 2.73 bits per heavy atom. The second-order valence-corrected chi connectivity index (χ2v) is 9.16. The van der Waals surface area contributed by atoms with Crippen LogP contribution in [0.5, 0.6) is 5.75 Å². The third-order valence-electron chi connectivity index (χ3n) is 6.65. The molecule has 10 nitrogen and oxygen atoms in total. The number of hydrogen-bond donors (Lipinski definition) is 2. The molecule has 4 aromatic rings. The summed E-state index contributed by atoms with van der Waals surface area (Å²) in [5.41, 5.74) is 3.98. The zero-order chi connectivity index (χ0) is 25.8. The molecule has 5 rings (SSSR count). The van der Waals surface area contributed by atoms with E-state index >= 15 is 0 Å². The summed E-state index contributed by atoms with van der Waals surface area (Å²) in [7, 11) is 1.63. The summed E-state index contributed by atoms with van der Waals surface area (Å²) in [5, 5.41) is 12.1. The number of carbonyl (C=O) groups excluding carboxylic acids is 1. The molecule has 10 heteroatoms. The summed E-state index contributed by atoms with van der Waals surface area (Å²) in [6.07, 6.45) is 7.05. The maximum Gasteiger partial charge on any atom is 0.229 e. The van der Waals surface area contributed by atoms with Crippen LogP contribution < -0.4 is 15.4 Å². The van der Waals surface area contributed by atoms with Crippen molar-refractivity contribution in [2.75, 3.05) is 25.6 Å². The van der Waals surface area contributed by atoms with Crippen molar-refractivity contribution in [3.05, 3.63) is 54.2 Å². The van der Waals surface area contributed by atoms with Gasteiger partial charge in [-0.2, -0.15) is 5.10 Å². The van der Waals surface area contributed by atoms with Crippen LogP contribution in [0.1, 0.15) is 44.0 Å². The van der Waals surface area contributed by atoms with Gasteiger partial charge in [0.15, 0.2) is 5.65 Å². The van der Waals surface area contributed by atoms with E-state index in [0.717, 1.165) is 66.2 Å². The van der Waals surface area contributed by atoms with Crippen LogP contribution in [0.15, 0.2) is 47.3 Å². The Kier molecular flexibility index (Phi) is 7.36. The van der Waals surface area contributed by atoms with Gasteiger partial charge in [-0.1, -0.05) is 12.1 Å². The fourth-order valence-corrected chi connectivity index (χ4v) is 4.57. The van der Waals surface area contributed by atoms with Gasteiger partial charge in [0, 0.05) is 32.0 Å². The minimum absolute atomic E-state index is 0.107. The molecule has 3 aromatic heterocycles. The standard InChI is InChI=1S/C27H32N6O4/c1-4-33-26-22(15-29-33)25(31-19-9-11-36-12-10-19)23(14-28-26)27-32-20(16-37-27)13-24(34)30-17(2)18-5-7-21(35-3)8-6-18/h5-8,14-17,19H,4,9-13H2,1-3H3,(H,28,31)(H,30,34)/t17-/m1/s1. The molecule has 1 saturated heterocycles. The average molecular weight is 505 g/mol. The number of oxazole rings is 1. The van der Waals surface area contributed by atoms with Crippen molar-refractivity contribution >= 4 is 22.6 Å². The van der Waals surface area contributed by atoms with Crippen LogP contribution in [0.4, 0.5) is 5.69 Å². The van der Waals surface area contributed by atoms with Crippen molar-refractivity contribution < 1.29 is 18.7 Å². The number of rotatable bonds is 9. The number of methoxy groups -OCH3 is 1. The maximum absolute atomic E-state index is 12.7. The maximum atomic E-state index is 12.7. The van der Waals surface area contributed by atoms with E-state index in [0.29, 0.717) is 11.6 Å². The summed E-state index contributed by atoms with van der Waals surface area (Å²) >= 11 is 0. The van der Waals surface area contributed by atoms with E-state index in [1.807, 2.05) is 49.0 Å². The van der Waals surface area contributed by atoms with Crippen LogP contribution >= 0.6 is 0 Å². The van der Waals surface area contributed by atoms with Crippen molar-refractivity contribution in [3.8, 4) is 17.2 Å². The van der Waals surface area contributed by atoms with Gasteiger partial charge < -0.3 is 24.5 Å². The number of aryl methyl sites for hydroxylation is 1. The number of aromatic nitrogens is 4. The Bertz CT molecular complexity index is 1360. The van der Waals surface area contributed by atoms with Crippen LogP contribution in [0.2, 0.25) is 0 Å². The molecule has 1 aromatic carbocycles. The lowest BCUT2D eigenvalue weighted by molar-refractivity contribution is -0.121. The monoisotopic (exact) mass is 504 g/mol. The summed E-state index contributed by atoms with van der Waals surface area (Å²) < 4.78 is 18.4. The van der Waals surface area contributed by atoms with Gasteiger partial charge in [0.05, 0.1) is 48.1 Å². The molecule has 1 atom stereocenters. The molecule has 4 heterocycles. The molecular formula is C27H32N6O4. The van der Waals surface area contributed by atoms with Gasteiger partial charge in [-0.25, -0.2) is 14.6 Å². The van der Waals surface area contributed by atoms with Gasteiger partial charge in [0.1, 0.15) is 12.0 Å². The van der Waals surface area contributed by atoms with E-state index in [1.54, 1.807) is 13.3 Å². The van der Waals surface area contributed by atoms with Crippen molar-refractivity contribution in [1.82, 2.24) is 25.1 Å². The molecule has 1 fully saturated rings. The smallest absolute Gasteiger partial charge is 0.229 e. The molecule has 0 radical (unpaired) electrons. The lowest BCUT2D eigenvalue weighted by atomic mass is 10.1. The molecule has 194 valence electrons. The minimum Gasteiger partial charge on any atom is -0.497 e. The first kappa shape index (κ1) is 24.8. The van der Waals surface area contributed by atoms with Gasteiger partial charge in [-0.3, -0.25) is 4.79 Å². The van der Waals surface area contributed by atoms with Crippen molar-refractivity contribution in [2.45, 2.75) is 51.7 Å². The molecule has 2 N–H and O–H groups in total. The van der Waals surface area contributed by atoms with Gasteiger partial charge in [-0.15, -0.1) is 0 Å². The quantitative estimate of drug-likeness (QED) is 0.350. The van der Waals surface area contributed by atoms with E-state index in [2.05, 4.69) is 25.7 Å². The number of fused-ring (bicyclic) bond motifs is 1. The number of ether oxygens (including phenoxy) is 2. The van der Waals surface area contributed by atoms with Gasteiger partial charge in [0.2, 0.25) is 11.8 Å². The number of nitrogens with zero attached hydrogens (tertiary/aromatic N) is 4. The number of hydrogen-bond acceptors (Lipinski definition) is 8. The highest BCUT2D eigenvalue weighted by atomic mass is 16.5. The fraction of sp³-hybridized carbons (Fsp3) is 0.407. The van der Waals surface area contributed by atoms with Gasteiger partial charge in [0.25, 0.3) is 0 Å². The zero-order valence-corrected chi connectivity index (χ0v) is 21.4. The Labute approximate surface area is 215 Å². The summed E-state index contributed by atoms with van der Waals surface area (Å²) in [6.45, 7) is 6.15. The third kappa shape index (κ3) is 5.43. The third-order valence-corrected chi connectivity index (χ3v) is 6.65. The van der Waals surface area contributed by atoms with Crippen molar-refractivity contribution in [1.29, 1.82) is 0 Å². The Balaban J connectivity index is 1.34. The predicted octanol–water partition coefficient (Wildman–Crippen LogP) is 4.13. The van der Waals surface area contributed by atoms with E-state index in [1.165, 1.54) is 6.26 Å². The van der Waals surface area contributed by atoms with Crippen molar-refractivity contribution in [2.24, 2.45) is 0 Å². The molecule has 0 spiro atoms. The average Bonchev–Trinajstić information content (AvgIpc) is 3.56. The van der Waals surface area contributed by atoms with Crippen LogP contribution in [0, 0.1) is 0 Å². The zero-order valence-electron chi connectivity index (χ0n) is 21.4. The number of carbonyl (C=O) groups is 1. The van der Waals surface area contributed by atoms with Crippen molar-refractivity contribution in [3.63, 3.8) is 0 Å². The first-order valence-electron chi connectivity index (χ1n) is 12.6. The van der Waals surface area contributed by atoms with E-state index in [9.17, 15) is 4.79 Å². The Morgan fingerprint density at radius 1 is 1.22 bits per heavy atom. The number of benzene rings is 1. The Morgan fingerprint density at radius 2 is 2.00 bits per heavy atom.